The van der Waals surface area contributed by atoms with Gasteiger partial charge in [-0.05, 0) is 74.9 Å². The summed E-state index contributed by atoms with van der Waals surface area (Å²) in [5.41, 5.74) is 1.07. The van der Waals surface area contributed by atoms with E-state index >= 15 is 0 Å². The highest BCUT2D eigenvalue weighted by Crippen LogP contribution is 2.27. The third-order valence-corrected chi connectivity index (χ3v) is 7.87. The van der Waals surface area contributed by atoms with Crippen LogP contribution in [-0.2, 0) is 26.2 Å². The molecule has 8 nitrogen and oxygen atoms in total. The van der Waals surface area contributed by atoms with Crippen LogP contribution in [0.2, 0.25) is 5.02 Å². The second-order valence-electron chi connectivity index (χ2n) is 9.01. The summed E-state index contributed by atoms with van der Waals surface area (Å²) in [4.78, 5) is 28.1. The number of ether oxygens (including phenoxy) is 1. The molecule has 1 unspecified atom stereocenters. The van der Waals surface area contributed by atoms with Gasteiger partial charge in [0, 0.05) is 17.6 Å². The number of amides is 2. The van der Waals surface area contributed by atoms with Gasteiger partial charge in [-0.3, -0.25) is 13.9 Å². The van der Waals surface area contributed by atoms with E-state index in [9.17, 15) is 18.0 Å². The molecule has 0 bridgehead atoms. The van der Waals surface area contributed by atoms with Gasteiger partial charge in [0.2, 0.25) is 11.8 Å². The number of carbonyl (C=O) groups is 2. The number of nitrogens with zero attached hydrogens (tertiary/aromatic N) is 2. The van der Waals surface area contributed by atoms with Gasteiger partial charge in [-0.1, -0.05) is 41.9 Å². The van der Waals surface area contributed by atoms with Crippen LogP contribution in [-0.4, -0.2) is 50.9 Å². The molecule has 3 aromatic carbocycles. The van der Waals surface area contributed by atoms with Crippen LogP contribution in [0.1, 0.15) is 26.3 Å². The third kappa shape index (κ3) is 7.26. The van der Waals surface area contributed by atoms with Crippen molar-refractivity contribution in [1.29, 1.82) is 0 Å². The smallest absolute Gasteiger partial charge is 0.264 e. The zero-order valence-corrected chi connectivity index (χ0v) is 23.4. The van der Waals surface area contributed by atoms with E-state index in [0.29, 0.717) is 10.8 Å². The predicted octanol–water partition coefficient (Wildman–Crippen LogP) is 4.49. The highest BCUT2D eigenvalue weighted by Gasteiger charge is 2.32. The summed E-state index contributed by atoms with van der Waals surface area (Å²) in [5.74, 6) is -0.371. The van der Waals surface area contributed by atoms with E-state index in [2.05, 4.69) is 5.32 Å². The van der Waals surface area contributed by atoms with Gasteiger partial charge < -0.3 is 15.0 Å². The van der Waals surface area contributed by atoms with Crippen molar-refractivity contribution in [3.8, 4) is 5.75 Å². The molecule has 0 aliphatic rings. The number of sulfonamides is 1. The minimum absolute atomic E-state index is 0.0127. The van der Waals surface area contributed by atoms with Crippen LogP contribution in [0.5, 0.6) is 5.75 Å². The van der Waals surface area contributed by atoms with Gasteiger partial charge in [-0.2, -0.15) is 0 Å². The van der Waals surface area contributed by atoms with E-state index in [0.717, 1.165) is 9.87 Å². The number of hydrogen-bond donors (Lipinski definition) is 1. The van der Waals surface area contributed by atoms with Crippen molar-refractivity contribution >= 4 is 39.1 Å². The van der Waals surface area contributed by atoms with E-state index in [4.69, 9.17) is 16.3 Å². The van der Waals surface area contributed by atoms with Crippen molar-refractivity contribution < 1.29 is 22.7 Å². The van der Waals surface area contributed by atoms with E-state index in [1.54, 1.807) is 19.1 Å². The maximum Gasteiger partial charge on any atom is 0.264 e. The molecule has 0 aromatic heterocycles. The Morgan fingerprint density at radius 1 is 0.921 bits per heavy atom. The van der Waals surface area contributed by atoms with Gasteiger partial charge in [0.25, 0.3) is 10.0 Å². The van der Waals surface area contributed by atoms with E-state index in [-0.39, 0.29) is 29.1 Å². The first-order valence-electron chi connectivity index (χ1n) is 12.1. The number of rotatable bonds is 11. The van der Waals surface area contributed by atoms with Crippen molar-refractivity contribution in [2.75, 3.05) is 18.0 Å². The Kier molecular flexibility index (Phi) is 9.77. The van der Waals surface area contributed by atoms with Crippen LogP contribution in [0.3, 0.4) is 0 Å². The van der Waals surface area contributed by atoms with Gasteiger partial charge in [0.15, 0.2) is 0 Å². The Balaban J connectivity index is 2.01. The largest absolute Gasteiger partial charge is 0.497 e. The lowest BCUT2D eigenvalue weighted by atomic mass is 10.1. The van der Waals surface area contributed by atoms with Crippen molar-refractivity contribution in [3.63, 3.8) is 0 Å². The lowest BCUT2D eigenvalue weighted by molar-refractivity contribution is -0.139. The summed E-state index contributed by atoms with van der Waals surface area (Å²) in [5, 5.41) is 3.25. The van der Waals surface area contributed by atoms with Gasteiger partial charge in [-0.15, -0.1) is 0 Å². The highest BCUT2D eigenvalue weighted by molar-refractivity contribution is 7.92. The number of benzene rings is 3. The summed E-state index contributed by atoms with van der Waals surface area (Å²) in [6, 6.07) is 20.3. The van der Waals surface area contributed by atoms with Crippen LogP contribution in [0, 0.1) is 0 Å². The molecule has 10 heteroatoms. The van der Waals surface area contributed by atoms with Gasteiger partial charge in [0.05, 0.1) is 17.7 Å². The molecule has 0 saturated heterocycles. The van der Waals surface area contributed by atoms with Crippen molar-refractivity contribution in [2.45, 2.75) is 44.3 Å². The Labute approximate surface area is 229 Å². The van der Waals surface area contributed by atoms with E-state index in [1.165, 1.54) is 48.4 Å². The lowest BCUT2D eigenvalue weighted by Crippen LogP contribution is -2.52. The first-order chi connectivity index (χ1) is 18.0. The van der Waals surface area contributed by atoms with Crippen molar-refractivity contribution in [3.05, 3.63) is 89.4 Å². The van der Waals surface area contributed by atoms with Crippen LogP contribution < -0.4 is 14.4 Å². The lowest BCUT2D eigenvalue weighted by Gasteiger charge is -2.32. The van der Waals surface area contributed by atoms with Crippen molar-refractivity contribution in [2.24, 2.45) is 0 Å². The first kappa shape index (κ1) is 29.0. The Morgan fingerprint density at radius 3 is 2.08 bits per heavy atom. The summed E-state index contributed by atoms with van der Waals surface area (Å²) in [7, 11) is -2.69. The molecule has 3 rings (SSSR count). The van der Waals surface area contributed by atoms with Crippen LogP contribution >= 0.6 is 11.6 Å². The average molecular weight is 558 g/mol. The molecule has 38 heavy (non-hydrogen) atoms. The maximum absolute atomic E-state index is 13.8. The average Bonchev–Trinajstić information content (AvgIpc) is 2.90. The second-order valence-corrected chi connectivity index (χ2v) is 11.3. The fourth-order valence-electron chi connectivity index (χ4n) is 3.78. The molecule has 0 radical (unpaired) electrons. The Morgan fingerprint density at radius 2 is 1.53 bits per heavy atom. The van der Waals surface area contributed by atoms with E-state index < -0.39 is 28.5 Å². The van der Waals surface area contributed by atoms with Gasteiger partial charge in [-0.25, -0.2) is 8.42 Å². The first-order valence-corrected chi connectivity index (χ1v) is 13.9. The van der Waals surface area contributed by atoms with Gasteiger partial charge >= 0.3 is 0 Å². The topological polar surface area (TPSA) is 96.0 Å². The minimum atomic E-state index is -4.17. The fourth-order valence-corrected chi connectivity index (χ4v) is 5.32. The number of halogens is 1. The number of carbonyl (C=O) groups excluding carboxylic acids is 2. The zero-order chi connectivity index (χ0) is 27.9. The summed E-state index contributed by atoms with van der Waals surface area (Å²) in [6.07, 6.45) is 0. The molecule has 202 valence electrons. The summed E-state index contributed by atoms with van der Waals surface area (Å²) < 4.78 is 33.7. The summed E-state index contributed by atoms with van der Waals surface area (Å²) >= 11 is 6.04. The standard InChI is InChI=1S/C28H32ClN3O5S/c1-20(2)30-28(34)21(3)31(18-22-8-6-5-7-9-22)27(33)19-32(24-12-10-23(29)11-13-24)38(35,36)26-16-14-25(37-4)15-17-26/h5-17,20-21H,18-19H2,1-4H3,(H,30,34). The third-order valence-electron chi connectivity index (χ3n) is 5.83. The Bertz CT molecular complexity index is 1330. The molecule has 3 aromatic rings. The maximum atomic E-state index is 13.8. The molecule has 0 fully saturated rings. The molecule has 0 spiro atoms. The summed E-state index contributed by atoms with van der Waals surface area (Å²) in [6.45, 7) is 4.89. The Hall–Kier alpha value is -3.56. The molecule has 0 saturated carbocycles. The normalized spacial score (nSPS) is 12.1. The number of anilines is 1. The quantitative estimate of drug-likeness (QED) is 0.375. The molecular weight excluding hydrogens is 526 g/mol. The van der Waals surface area contributed by atoms with Crippen LogP contribution in [0.15, 0.2) is 83.8 Å². The fraction of sp³-hybridized carbons (Fsp3) is 0.286. The number of hydrogen-bond acceptors (Lipinski definition) is 5. The SMILES string of the molecule is COc1ccc(S(=O)(=O)N(CC(=O)N(Cc2ccccc2)C(C)C(=O)NC(C)C)c2ccc(Cl)cc2)cc1. The van der Waals surface area contributed by atoms with Gasteiger partial charge in [0.1, 0.15) is 18.3 Å². The number of nitrogens with one attached hydrogen (secondary N) is 1. The molecule has 0 heterocycles. The zero-order valence-electron chi connectivity index (χ0n) is 21.8. The highest BCUT2D eigenvalue weighted by atomic mass is 35.5. The minimum Gasteiger partial charge on any atom is -0.497 e. The monoisotopic (exact) mass is 557 g/mol. The second kappa shape index (κ2) is 12.8. The molecule has 1 N–H and O–H groups in total. The molecule has 2 amide bonds. The molecule has 1 atom stereocenters. The van der Waals surface area contributed by atoms with Crippen LogP contribution in [0.25, 0.3) is 0 Å². The van der Waals surface area contributed by atoms with Crippen LogP contribution in [0.4, 0.5) is 5.69 Å². The predicted molar refractivity (Wildman–Crippen MR) is 149 cm³/mol. The van der Waals surface area contributed by atoms with Crippen molar-refractivity contribution in [1.82, 2.24) is 10.2 Å². The molecular formula is C28H32ClN3O5S. The molecule has 0 aliphatic heterocycles. The molecule has 0 aliphatic carbocycles. The van der Waals surface area contributed by atoms with E-state index in [1.807, 2.05) is 44.2 Å². The number of methoxy groups -OCH3 is 1.